The van der Waals surface area contributed by atoms with E-state index in [1.54, 1.807) is 6.07 Å². The molecule has 1 aliphatic heterocycles. The number of primary amides is 1. The molecule has 0 spiro atoms. The van der Waals surface area contributed by atoms with Gasteiger partial charge < -0.3 is 21.1 Å². The summed E-state index contributed by atoms with van der Waals surface area (Å²) >= 11 is 0. The molecular weight excluding hydrogens is 284 g/mol. The number of morpholine rings is 1. The maximum absolute atomic E-state index is 12.0. The van der Waals surface area contributed by atoms with Crippen LogP contribution < -0.4 is 16.4 Å². The highest BCUT2D eigenvalue weighted by atomic mass is 16.5. The van der Waals surface area contributed by atoms with Crippen LogP contribution in [0, 0.1) is 0 Å². The van der Waals surface area contributed by atoms with Crippen molar-refractivity contribution in [3.63, 3.8) is 0 Å². The van der Waals surface area contributed by atoms with Crippen molar-refractivity contribution in [3.8, 4) is 0 Å². The summed E-state index contributed by atoms with van der Waals surface area (Å²) in [5.41, 5.74) is 5.45. The first kappa shape index (κ1) is 16.4. The Morgan fingerprint density at radius 2 is 2.36 bits per heavy atom. The van der Waals surface area contributed by atoms with Crippen LogP contribution in [0.1, 0.15) is 40.6 Å². The lowest BCUT2D eigenvalue weighted by molar-refractivity contribution is -0.0584. The Labute approximate surface area is 129 Å². The molecule has 0 aliphatic carbocycles. The summed E-state index contributed by atoms with van der Waals surface area (Å²) in [7, 11) is 0. The minimum atomic E-state index is -0.649. The Balaban J connectivity index is 1.78. The molecule has 1 atom stereocenters. The third kappa shape index (κ3) is 4.51. The number of pyridine rings is 1. The standard InChI is InChI=1S/C15H22N4O3/c1-15(10-17-7-8-22-15)4-2-5-19-14(21)11-3-6-18-12(9-11)13(16)20/h3,6,9,17H,2,4-5,7-8,10H2,1H3,(H2,16,20)(H,19,21). The number of aromatic nitrogens is 1. The smallest absolute Gasteiger partial charge is 0.267 e. The Morgan fingerprint density at radius 3 is 3.05 bits per heavy atom. The van der Waals surface area contributed by atoms with Gasteiger partial charge in [-0.1, -0.05) is 0 Å². The Morgan fingerprint density at radius 1 is 1.55 bits per heavy atom. The summed E-state index contributed by atoms with van der Waals surface area (Å²) in [6.45, 7) is 5.05. The van der Waals surface area contributed by atoms with E-state index in [4.69, 9.17) is 10.5 Å². The number of nitrogens with zero attached hydrogens (tertiary/aromatic N) is 1. The van der Waals surface area contributed by atoms with Crippen LogP contribution in [-0.2, 0) is 4.74 Å². The number of hydrogen-bond donors (Lipinski definition) is 3. The van der Waals surface area contributed by atoms with Crippen molar-refractivity contribution < 1.29 is 14.3 Å². The minimum Gasteiger partial charge on any atom is -0.373 e. The van der Waals surface area contributed by atoms with Gasteiger partial charge in [0.2, 0.25) is 0 Å². The van der Waals surface area contributed by atoms with Gasteiger partial charge in [-0.25, -0.2) is 0 Å². The molecule has 1 fully saturated rings. The van der Waals surface area contributed by atoms with E-state index in [1.807, 2.05) is 0 Å². The van der Waals surface area contributed by atoms with E-state index in [-0.39, 0.29) is 17.2 Å². The van der Waals surface area contributed by atoms with Gasteiger partial charge in [-0.15, -0.1) is 0 Å². The number of nitrogens with two attached hydrogens (primary N) is 1. The zero-order valence-electron chi connectivity index (χ0n) is 12.7. The second-order valence-electron chi connectivity index (χ2n) is 5.63. The highest BCUT2D eigenvalue weighted by molar-refractivity contribution is 5.97. The van der Waals surface area contributed by atoms with Gasteiger partial charge >= 0.3 is 0 Å². The monoisotopic (exact) mass is 306 g/mol. The molecule has 1 aromatic rings. The van der Waals surface area contributed by atoms with Gasteiger partial charge in [-0.05, 0) is 31.9 Å². The number of ether oxygens (including phenoxy) is 1. The molecule has 0 radical (unpaired) electrons. The van der Waals surface area contributed by atoms with Crippen molar-refractivity contribution in [2.75, 3.05) is 26.2 Å². The molecule has 4 N–H and O–H groups in total. The van der Waals surface area contributed by atoms with Crippen molar-refractivity contribution in [2.45, 2.75) is 25.4 Å². The molecule has 1 aliphatic rings. The fraction of sp³-hybridized carbons (Fsp3) is 0.533. The third-order valence-corrected chi connectivity index (χ3v) is 3.67. The van der Waals surface area contributed by atoms with Crippen molar-refractivity contribution >= 4 is 11.8 Å². The SMILES string of the molecule is CC1(CCCNC(=O)c2ccnc(C(N)=O)c2)CNCCO1. The first-order chi connectivity index (χ1) is 10.5. The van der Waals surface area contributed by atoms with Crippen LogP contribution in [0.25, 0.3) is 0 Å². The lowest BCUT2D eigenvalue weighted by Crippen LogP contribution is -2.47. The molecule has 2 heterocycles. The fourth-order valence-corrected chi connectivity index (χ4v) is 2.41. The van der Waals surface area contributed by atoms with E-state index in [9.17, 15) is 9.59 Å². The zero-order valence-corrected chi connectivity index (χ0v) is 12.7. The van der Waals surface area contributed by atoms with Gasteiger partial charge in [0.25, 0.3) is 11.8 Å². The summed E-state index contributed by atoms with van der Waals surface area (Å²) in [5.74, 6) is -0.887. The molecule has 7 nitrogen and oxygen atoms in total. The Hall–Kier alpha value is -1.99. The highest BCUT2D eigenvalue weighted by Gasteiger charge is 2.26. The molecule has 7 heteroatoms. The highest BCUT2D eigenvalue weighted by Crippen LogP contribution is 2.18. The predicted molar refractivity (Wildman–Crippen MR) is 81.5 cm³/mol. The average Bonchev–Trinajstić information content (AvgIpc) is 2.52. The number of carbonyl (C=O) groups excluding carboxylic acids is 2. The van der Waals surface area contributed by atoms with Gasteiger partial charge in [-0.2, -0.15) is 0 Å². The number of nitrogens with one attached hydrogen (secondary N) is 2. The summed E-state index contributed by atoms with van der Waals surface area (Å²) in [6.07, 6.45) is 3.08. The minimum absolute atomic E-state index is 0.0850. The van der Waals surface area contributed by atoms with E-state index < -0.39 is 5.91 Å². The molecule has 0 aromatic carbocycles. The van der Waals surface area contributed by atoms with Gasteiger partial charge in [0.05, 0.1) is 12.2 Å². The van der Waals surface area contributed by atoms with Crippen LogP contribution in [0.3, 0.4) is 0 Å². The fourth-order valence-electron chi connectivity index (χ4n) is 2.41. The summed E-state index contributed by atoms with van der Waals surface area (Å²) in [6, 6.07) is 2.95. The second kappa shape index (κ2) is 7.33. The molecule has 22 heavy (non-hydrogen) atoms. The van der Waals surface area contributed by atoms with Gasteiger partial charge in [0.1, 0.15) is 5.69 Å². The number of hydrogen-bond acceptors (Lipinski definition) is 5. The lowest BCUT2D eigenvalue weighted by Gasteiger charge is -2.34. The second-order valence-corrected chi connectivity index (χ2v) is 5.63. The van der Waals surface area contributed by atoms with Gasteiger partial charge in [-0.3, -0.25) is 14.6 Å². The molecule has 0 saturated carbocycles. The van der Waals surface area contributed by atoms with Gasteiger partial charge in [0.15, 0.2) is 0 Å². The van der Waals surface area contributed by atoms with Crippen molar-refractivity contribution in [1.29, 1.82) is 0 Å². The predicted octanol–water partition coefficient (Wildman–Crippen LogP) is 0.0690. The van der Waals surface area contributed by atoms with Crippen LogP contribution in [-0.4, -0.2) is 48.6 Å². The van der Waals surface area contributed by atoms with Gasteiger partial charge in [0, 0.05) is 31.4 Å². The van der Waals surface area contributed by atoms with E-state index in [2.05, 4.69) is 22.5 Å². The lowest BCUT2D eigenvalue weighted by atomic mass is 9.98. The van der Waals surface area contributed by atoms with E-state index in [1.165, 1.54) is 12.3 Å². The first-order valence-electron chi connectivity index (χ1n) is 7.39. The Kier molecular flexibility index (Phi) is 5.46. The molecule has 2 amide bonds. The van der Waals surface area contributed by atoms with Crippen molar-refractivity contribution in [3.05, 3.63) is 29.6 Å². The van der Waals surface area contributed by atoms with Crippen LogP contribution in [0.2, 0.25) is 0 Å². The van der Waals surface area contributed by atoms with E-state index in [0.29, 0.717) is 12.1 Å². The zero-order chi connectivity index (χ0) is 16.0. The molecule has 1 saturated heterocycles. The largest absolute Gasteiger partial charge is 0.373 e. The van der Waals surface area contributed by atoms with Crippen LogP contribution in [0.5, 0.6) is 0 Å². The van der Waals surface area contributed by atoms with Crippen LogP contribution >= 0.6 is 0 Å². The summed E-state index contributed by atoms with van der Waals surface area (Å²) < 4.78 is 5.76. The normalized spacial score (nSPS) is 21.3. The van der Waals surface area contributed by atoms with Crippen LogP contribution in [0.4, 0.5) is 0 Å². The van der Waals surface area contributed by atoms with Crippen LogP contribution in [0.15, 0.2) is 18.3 Å². The number of amides is 2. The topological polar surface area (TPSA) is 106 Å². The maximum Gasteiger partial charge on any atom is 0.267 e. The first-order valence-corrected chi connectivity index (χ1v) is 7.39. The molecule has 0 bridgehead atoms. The van der Waals surface area contributed by atoms with Crippen molar-refractivity contribution in [2.24, 2.45) is 5.73 Å². The number of carbonyl (C=O) groups is 2. The molecule has 1 aromatic heterocycles. The summed E-state index contributed by atoms with van der Waals surface area (Å²) in [5, 5.41) is 6.13. The third-order valence-electron chi connectivity index (χ3n) is 3.67. The quantitative estimate of drug-likeness (QED) is 0.645. The molecule has 2 rings (SSSR count). The number of rotatable bonds is 6. The van der Waals surface area contributed by atoms with Crippen molar-refractivity contribution in [1.82, 2.24) is 15.6 Å². The molecule has 120 valence electrons. The Bertz CT molecular complexity index is 541. The molecular formula is C15H22N4O3. The molecule has 1 unspecified atom stereocenters. The van der Waals surface area contributed by atoms with E-state index >= 15 is 0 Å². The average molecular weight is 306 g/mol. The summed E-state index contributed by atoms with van der Waals surface area (Å²) in [4.78, 5) is 26.9. The maximum atomic E-state index is 12.0. The van der Waals surface area contributed by atoms with E-state index in [0.717, 1.165) is 32.5 Å².